The molecule has 1 atom stereocenters. The molecule has 1 unspecified atom stereocenters. The summed E-state index contributed by atoms with van der Waals surface area (Å²) in [7, 11) is 0. The van der Waals surface area contributed by atoms with Crippen molar-refractivity contribution < 1.29 is 4.79 Å². The van der Waals surface area contributed by atoms with Crippen LogP contribution in [0, 0.1) is 5.92 Å². The van der Waals surface area contributed by atoms with Crippen molar-refractivity contribution in [2.45, 2.75) is 13.3 Å². The second-order valence-corrected chi connectivity index (χ2v) is 4.39. The Morgan fingerprint density at radius 3 is 2.74 bits per heavy atom. The molecule has 0 fully saturated rings. The van der Waals surface area contributed by atoms with Gasteiger partial charge < -0.3 is 11.1 Å². The lowest BCUT2D eigenvalue weighted by Gasteiger charge is -2.09. The van der Waals surface area contributed by atoms with Crippen molar-refractivity contribution in [2.75, 3.05) is 11.9 Å². The van der Waals surface area contributed by atoms with Crippen LogP contribution in [0.25, 0.3) is 5.69 Å². The third-order valence-electron chi connectivity index (χ3n) is 2.70. The third-order valence-corrected chi connectivity index (χ3v) is 2.70. The Balaban J connectivity index is 1.97. The minimum absolute atomic E-state index is 0.0341. The van der Waals surface area contributed by atoms with E-state index in [-0.39, 0.29) is 11.8 Å². The second kappa shape index (κ2) is 6.05. The molecule has 0 saturated carbocycles. The predicted octanol–water partition coefficient (Wildman–Crippen LogP) is 0.586. The molecule has 7 nitrogen and oxygen atoms in total. The fraction of sp³-hybridized carbons (Fsp3) is 0.333. The molecule has 2 aromatic rings. The van der Waals surface area contributed by atoms with Crippen molar-refractivity contribution in [1.29, 1.82) is 0 Å². The highest BCUT2D eigenvalue weighted by atomic mass is 16.1. The maximum Gasteiger partial charge on any atom is 0.224 e. The molecule has 1 amide bonds. The summed E-state index contributed by atoms with van der Waals surface area (Å²) in [6.07, 6.45) is 1.93. The van der Waals surface area contributed by atoms with Crippen LogP contribution >= 0.6 is 0 Å². The number of carbonyl (C=O) groups is 1. The van der Waals surface area contributed by atoms with Crippen LogP contribution in [-0.4, -0.2) is 32.7 Å². The van der Waals surface area contributed by atoms with Gasteiger partial charge in [0.05, 0.1) is 5.69 Å². The van der Waals surface area contributed by atoms with Gasteiger partial charge in [-0.3, -0.25) is 4.79 Å². The molecule has 0 bridgehead atoms. The minimum Gasteiger partial charge on any atom is -0.330 e. The van der Waals surface area contributed by atoms with E-state index in [0.29, 0.717) is 13.0 Å². The highest BCUT2D eigenvalue weighted by Gasteiger charge is 2.07. The zero-order valence-corrected chi connectivity index (χ0v) is 10.7. The molecular weight excluding hydrogens is 244 g/mol. The van der Waals surface area contributed by atoms with Crippen molar-refractivity contribution >= 4 is 11.6 Å². The zero-order chi connectivity index (χ0) is 13.7. The monoisotopic (exact) mass is 260 g/mol. The normalized spacial score (nSPS) is 12.1. The summed E-state index contributed by atoms with van der Waals surface area (Å²) in [6, 6.07) is 7.28. The third kappa shape index (κ3) is 3.59. The van der Waals surface area contributed by atoms with Gasteiger partial charge in [0.1, 0.15) is 6.33 Å². The summed E-state index contributed by atoms with van der Waals surface area (Å²) >= 11 is 0. The van der Waals surface area contributed by atoms with Crippen molar-refractivity contribution in [1.82, 2.24) is 20.2 Å². The van der Waals surface area contributed by atoms with E-state index in [1.807, 2.05) is 31.2 Å². The number of nitrogens with zero attached hydrogens (tertiary/aromatic N) is 4. The molecule has 1 heterocycles. The van der Waals surface area contributed by atoms with E-state index in [1.54, 1.807) is 4.68 Å². The Bertz CT molecular complexity index is 522. The first kappa shape index (κ1) is 13.2. The Hall–Kier alpha value is -2.28. The van der Waals surface area contributed by atoms with Gasteiger partial charge in [-0.05, 0) is 47.2 Å². The second-order valence-electron chi connectivity index (χ2n) is 4.39. The lowest BCUT2D eigenvalue weighted by atomic mass is 10.1. The van der Waals surface area contributed by atoms with Crippen LogP contribution < -0.4 is 11.1 Å². The number of hydrogen-bond acceptors (Lipinski definition) is 5. The smallest absolute Gasteiger partial charge is 0.224 e. The summed E-state index contributed by atoms with van der Waals surface area (Å²) in [5.74, 6) is 0.147. The van der Waals surface area contributed by atoms with Gasteiger partial charge in [-0.1, -0.05) is 6.92 Å². The van der Waals surface area contributed by atoms with E-state index in [2.05, 4.69) is 20.8 Å². The largest absolute Gasteiger partial charge is 0.330 e. The Labute approximate surface area is 110 Å². The number of benzene rings is 1. The summed E-state index contributed by atoms with van der Waals surface area (Å²) in [6.45, 7) is 2.45. The summed E-state index contributed by atoms with van der Waals surface area (Å²) < 4.78 is 1.54. The molecular formula is C12H16N6O. The molecule has 0 saturated heterocycles. The molecule has 0 aliphatic carbocycles. The molecule has 2 rings (SSSR count). The van der Waals surface area contributed by atoms with Crippen LogP contribution in [-0.2, 0) is 4.79 Å². The van der Waals surface area contributed by atoms with Gasteiger partial charge in [0.2, 0.25) is 5.91 Å². The van der Waals surface area contributed by atoms with E-state index in [0.717, 1.165) is 11.4 Å². The highest BCUT2D eigenvalue weighted by molar-refractivity contribution is 5.90. The van der Waals surface area contributed by atoms with Crippen LogP contribution in [0.1, 0.15) is 13.3 Å². The number of tetrazole rings is 1. The number of carbonyl (C=O) groups excluding carboxylic acids is 1. The SMILES string of the molecule is CC(CN)CC(=O)Nc1ccc(-n2cnnn2)cc1. The maximum absolute atomic E-state index is 11.7. The summed E-state index contributed by atoms with van der Waals surface area (Å²) in [5, 5.41) is 13.7. The molecule has 0 radical (unpaired) electrons. The zero-order valence-electron chi connectivity index (χ0n) is 10.7. The number of amides is 1. The molecule has 7 heteroatoms. The van der Waals surface area contributed by atoms with Gasteiger partial charge in [0, 0.05) is 12.1 Å². The number of aromatic nitrogens is 4. The van der Waals surface area contributed by atoms with Crippen molar-refractivity contribution in [2.24, 2.45) is 11.7 Å². The van der Waals surface area contributed by atoms with Gasteiger partial charge in [-0.2, -0.15) is 0 Å². The molecule has 3 N–H and O–H groups in total. The van der Waals surface area contributed by atoms with E-state index in [1.165, 1.54) is 6.33 Å². The Kier molecular flexibility index (Phi) is 4.19. The molecule has 0 aliphatic rings. The molecule has 0 spiro atoms. The van der Waals surface area contributed by atoms with Gasteiger partial charge in [-0.25, -0.2) is 4.68 Å². The average molecular weight is 260 g/mol. The first-order valence-electron chi connectivity index (χ1n) is 6.02. The van der Waals surface area contributed by atoms with Crippen LogP contribution in [0.2, 0.25) is 0 Å². The van der Waals surface area contributed by atoms with E-state index in [4.69, 9.17) is 5.73 Å². The number of hydrogen-bond donors (Lipinski definition) is 2. The standard InChI is InChI=1S/C12H16N6O/c1-9(7-13)6-12(19)15-10-2-4-11(5-3-10)18-8-14-16-17-18/h2-5,8-9H,6-7,13H2,1H3,(H,15,19). The van der Waals surface area contributed by atoms with Crippen LogP contribution in [0.3, 0.4) is 0 Å². The van der Waals surface area contributed by atoms with Gasteiger partial charge in [0.15, 0.2) is 0 Å². The lowest BCUT2D eigenvalue weighted by molar-refractivity contribution is -0.116. The van der Waals surface area contributed by atoms with E-state index in [9.17, 15) is 4.79 Å². The van der Waals surface area contributed by atoms with E-state index >= 15 is 0 Å². The molecule has 1 aromatic carbocycles. The number of rotatable bonds is 5. The summed E-state index contributed by atoms with van der Waals surface area (Å²) in [5.41, 5.74) is 7.06. The quantitative estimate of drug-likeness (QED) is 0.819. The molecule has 100 valence electrons. The highest BCUT2D eigenvalue weighted by Crippen LogP contribution is 2.13. The van der Waals surface area contributed by atoms with Crippen LogP contribution in [0.5, 0.6) is 0 Å². The lowest BCUT2D eigenvalue weighted by Crippen LogP contribution is -2.20. The number of nitrogens with one attached hydrogen (secondary N) is 1. The maximum atomic E-state index is 11.7. The van der Waals surface area contributed by atoms with Crippen molar-refractivity contribution in [3.63, 3.8) is 0 Å². The average Bonchev–Trinajstić information content (AvgIpc) is 2.93. The number of anilines is 1. The molecule has 19 heavy (non-hydrogen) atoms. The first-order chi connectivity index (χ1) is 9.19. The Morgan fingerprint density at radius 2 is 2.16 bits per heavy atom. The fourth-order valence-electron chi connectivity index (χ4n) is 1.59. The number of nitrogens with two attached hydrogens (primary N) is 1. The first-order valence-corrected chi connectivity index (χ1v) is 6.02. The van der Waals surface area contributed by atoms with Crippen molar-refractivity contribution in [3.05, 3.63) is 30.6 Å². The Morgan fingerprint density at radius 1 is 1.42 bits per heavy atom. The predicted molar refractivity (Wildman–Crippen MR) is 70.6 cm³/mol. The van der Waals surface area contributed by atoms with Gasteiger partial charge >= 0.3 is 0 Å². The van der Waals surface area contributed by atoms with Crippen LogP contribution in [0.15, 0.2) is 30.6 Å². The van der Waals surface area contributed by atoms with Gasteiger partial charge in [0.25, 0.3) is 0 Å². The minimum atomic E-state index is -0.0341. The fourth-order valence-corrected chi connectivity index (χ4v) is 1.59. The molecule has 0 aliphatic heterocycles. The van der Waals surface area contributed by atoms with Crippen molar-refractivity contribution in [3.8, 4) is 5.69 Å². The topological polar surface area (TPSA) is 98.7 Å². The van der Waals surface area contributed by atoms with Crippen LogP contribution in [0.4, 0.5) is 5.69 Å². The molecule has 1 aromatic heterocycles. The van der Waals surface area contributed by atoms with E-state index < -0.39 is 0 Å². The summed E-state index contributed by atoms with van der Waals surface area (Å²) in [4.78, 5) is 11.7. The van der Waals surface area contributed by atoms with Gasteiger partial charge in [-0.15, -0.1) is 5.10 Å².